The standard InChI is InChI=1S/C14H19NO2/c1-2-12-8-15-9-13(12)14(16)17-10-11-6-4-3-5-7-11/h3-7,12-13,15H,2,8-10H2,1H3. The minimum atomic E-state index is -0.0642. The fourth-order valence-corrected chi connectivity index (χ4v) is 2.27. The third-order valence-electron chi connectivity index (χ3n) is 3.39. The van der Waals surface area contributed by atoms with E-state index in [-0.39, 0.29) is 11.9 Å². The molecule has 2 unspecified atom stereocenters. The van der Waals surface area contributed by atoms with Crippen LogP contribution in [0.2, 0.25) is 0 Å². The van der Waals surface area contributed by atoms with Gasteiger partial charge in [-0.25, -0.2) is 0 Å². The number of carbonyl (C=O) groups excluding carboxylic acids is 1. The van der Waals surface area contributed by atoms with Gasteiger partial charge >= 0.3 is 5.97 Å². The van der Waals surface area contributed by atoms with E-state index in [1.807, 2.05) is 30.3 Å². The molecule has 1 aliphatic rings. The second-order valence-electron chi connectivity index (χ2n) is 4.53. The lowest BCUT2D eigenvalue weighted by Crippen LogP contribution is -2.24. The number of hydrogen-bond donors (Lipinski definition) is 1. The van der Waals surface area contributed by atoms with E-state index >= 15 is 0 Å². The zero-order valence-electron chi connectivity index (χ0n) is 10.2. The third-order valence-corrected chi connectivity index (χ3v) is 3.39. The first-order valence-electron chi connectivity index (χ1n) is 6.22. The van der Waals surface area contributed by atoms with Crippen LogP contribution in [0.25, 0.3) is 0 Å². The first-order valence-corrected chi connectivity index (χ1v) is 6.22. The molecule has 0 aromatic heterocycles. The van der Waals surface area contributed by atoms with Gasteiger partial charge in [0.2, 0.25) is 0 Å². The Morgan fingerprint density at radius 2 is 2.12 bits per heavy atom. The molecule has 0 spiro atoms. The van der Waals surface area contributed by atoms with Crippen LogP contribution in [0.5, 0.6) is 0 Å². The van der Waals surface area contributed by atoms with Gasteiger partial charge in [-0.1, -0.05) is 43.7 Å². The first kappa shape index (κ1) is 12.1. The monoisotopic (exact) mass is 233 g/mol. The molecule has 17 heavy (non-hydrogen) atoms. The highest BCUT2D eigenvalue weighted by molar-refractivity contribution is 5.73. The number of carbonyl (C=O) groups is 1. The van der Waals surface area contributed by atoms with Gasteiger partial charge < -0.3 is 10.1 Å². The molecule has 1 saturated heterocycles. The number of nitrogens with one attached hydrogen (secondary N) is 1. The average molecular weight is 233 g/mol. The third kappa shape index (κ3) is 3.07. The van der Waals surface area contributed by atoms with Crippen molar-refractivity contribution in [1.82, 2.24) is 5.32 Å². The molecular formula is C14H19NO2. The topological polar surface area (TPSA) is 38.3 Å². The molecule has 1 aliphatic heterocycles. The highest BCUT2D eigenvalue weighted by Crippen LogP contribution is 2.21. The van der Waals surface area contributed by atoms with E-state index in [1.54, 1.807) is 0 Å². The van der Waals surface area contributed by atoms with E-state index in [0.717, 1.165) is 25.1 Å². The fraction of sp³-hybridized carbons (Fsp3) is 0.500. The second-order valence-corrected chi connectivity index (χ2v) is 4.53. The van der Waals surface area contributed by atoms with Crippen LogP contribution in [0.3, 0.4) is 0 Å². The average Bonchev–Trinajstić information content (AvgIpc) is 2.85. The van der Waals surface area contributed by atoms with E-state index in [0.29, 0.717) is 12.5 Å². The molecule has 1 heterocycles. The van der Waals surface area contributed by atoms with Gasteiger partial charge in [0.1, 0.15) is 6.61 Å². The maximum absolute atomic E-state index is 11.9. The Bertz CT molecular complexity index is 364. The predicted octanol–water partition coefficient (Wildman–Crippen LogP) is 1.98. The lowest BCUT2D eigenvalue weighted by Gasteiger charge is -2.15. The Balaban J connectivity index is 1.85. The molecule has 1 aromatic rings. The molecule has 1 N–H and O–H groups in total. The summed E-state index contributed by atoms with van der Waals surface area (Å²) in [5.41, 5.74) is 1.04. The van der Waals surface area contributed by atoms with Crippen LogP contribution in [0, 0.1) is 11.8 Å². The van der Waals surface area contributed by atoms with Crippen molar-refractivity contribution in [3.05, 3.63) is 35.9 Å². The summed E-state index contributed by atoms with van der Waals surface area (Å²) >= 11 is 0. The van der Waals surface area contributed by atoms with E-state index in [2.05, 4.69) is 12.2 Å². The minimum absolute atomic E-state index is 0.0312. The van der Waals surface area contributed by atoms with Gasteiger partial charge in [-0.2, -0.15) is 0 Å². The Morgan fingerprint density at radius 3 is 2.82 bits per heavy atom. The number of hydrogen-bond acceptors (Lipinski definition) is 3. The van der Waals surface area contributed by atoms with Crippen LogP contribution in [0.15, 0.2) is 30.3 Å². The summed E-state index contributed by atoms with van der Waals surface area (Å²) < 4.78 is 5.37. The molecule has 2 atom stereocenters. The highest BCUT2D eigenvalue weighted by Gasteiger charge is 2.32. The van der Waals surface area contributed by atoms with Gasteiger partial charge in [0, 0.05) is 6.54 Å². The number of ether oxygens (including phenoxy) is 1. The molecule has 0 saturated carbocycles. The fourth-order valence-electron chi connectivity index (χ4n) is 2.27. The maximum Gasteiger partial charge on any atom is 0.310 e. The van der Waals surface area contributed by atoms with Gasteiger partial charge in [0.05, 0.1) is 5.92 Å². The van der Waals surface area contributed by atoms with Crippen molar-refractivity contribution in [2.45, 2.75) is 20.0 Å². The highest BCUT2D eigenvalue weighted by atomic mass is 16.5. The smallest absolute Gasteiger partial charge is 0.310 e. The van der Waals surface area contributed by atoms with Gasteiger partial charge in [-0.05, 0) is 18.0 Å². The van der Waals surface area contributed by atoms with Crippen LogP contribution in [-0.2, 0) is 16.1 Å². The number of rotatable bonds is 4. The summed E-state index contributed by atoms with van der Waals surface area (Å²) in [6, 6.07) is 9.80. The van der Waals surface area contributed by atoms with Crippen molar-refractivity contribution in [3.63, 3.8) is 0 Å². The summed E-state index contributed by atoms with van der Waals surface area (Å²) in [6.45, 7) is 4.19. The Labute approximate surface area is 102 Å². The van der Waals surface area contributed by atoms with Crippen molar-refractivity contribution in [2.75, 3.05) is 13.1 Å². The van der Waals surface area contributed by atoms with Crippen LogP contribution in [0.1, 0.15) is 18.9 Å². The lowest BCUT2D eigenvalue weighted by molar-refractivity contribution is -0.150. The van der Waals surface area contributed by atoms with Gasteiger partial charge in [0.25, 0.3) is 0 Å². The van der Waals surface area contributed by atoms with E-state index in [1.165, 1.54) is 0 Å². The summed E-state index contributed by atoms with van der Waals surface area (Å²) in [5, 5.41) is 3.25. The summed E-state index contributed by atoms with van der Waals surface area (Å²) in [4.78, 5) is 11.9. The SMILES string of the molecule is CCC1CNCC1C(=O)OCc1ccccc1. The number of esters is 1. The minimum Gasteiger partial charge on any atom is -0.461 e. The molecule has 92 valence electrons. The molecule has 3 nitrogen and oxygen atoms in total. The second kappa shape index (κ2) is 5.82. The molecule has 1 fully saturated rings. The van der Waals surface area contributed by atoms with Gasteiger partial charge in [0.15, 0.2) is 0 Å². The van der Waals surface area contributed by atoms with Crippen LogP contribution < -0.4 is 5.32 Å². The molecule has 0 aliphatic carbocycles. The summed E-state index contributed by atoms with van der Waals surface area (Å²) in [5.74, 6) is 0.396. The maximum atomic E-state index is 11.9. The van der Waals surface area contributed by atoms with E-state index in [9.17, 15) is 4.79 Å². The molecule has 2 rings (SSSR count). The predicted molar refractivity (Wildman–Crippen MR) is 66.4 cm³/mol. The van der Waals surface area contributed by atoms with Crippen LogP contribution in [0.4, 0.5) is 0 Å². The summed E-state index contributed by atoms with van der Waals surface area (Å²) in [6.07, 6.45) is 1.03. The molecular weight excluding hydrogens is 214 g/mol. The van der Waals surface area contributed by atoms with Gasteiger partial charge in [-0.3, -0.25) is 4.79 Å². The zero-order chi connectivity index (χ0) is 12.1. The molecule has 0 amide bonds. The normalized spacial score (nSPS) is 23.6. The van der Waals surface area contributed by atoms with E-state index < -0.39 is 0 Å². The van der Waals surface area contributed by atoms with Crippen LogP contribution in [-0.4, -0.2) is 19.1 Å². The Morgan fingerprint density at radius 1 is 1.35 bits per heavy atom. The lowest BCUT2D eigenvalue weighted by atomic mass is 9.94. The number of benzene rings is 1. The summed E-state index contributed by atoms with van der Waals surface area (Å²) in [7, 11) is 0. The Hall–Kier alpha value is -1.35. The van der Waals surface area contributed by atoms with Crippen molar-refractivity contribution < 1.29 is 9.53 Å². The largest absolute Gasteiger partial charge is 0.461 e. The van der Waals surface area contributed by atoms with Crippen molar-refractivity contribution in [2.24, 2.45) is 11.8 Å². The van der Waals surface area contributed by atoms with Crippen molar-refractivity contribution in [1.29, 1.82) is 0 Å². The Kier molecular flexibility index (Phi) is 4.15. The molecule has 3 heteroatoms. The van der Waals surface area contributed by atoms with E-state index in [4.69, 9.17) is 4.74 Å². The quantitative estimate of drug-likeness (QED) is 0.808. The van der Waals surface area contributed by atoms with Crippen LogP contribution >= 0.6 is 0 Å². The first-order chi connectivity index (χ1) is 8.31. The van der Waals surface area contributed by atoms with Gasteiger partial charge in [-0.15, -0.1) is 0 Å². The molecule has 0 bridgehead atoms. The molecule has 0 radical (unpaired) electrons. The van der Waals surface area contributed by atoms with Crippen molar-refractivity contribution >= 4 is 5.97 Å². The molecule has 1 aromatic carbocycles. The zero-order valence-corrected chi connectivity index (χ0v) is 10.2. The van der Waals surface area contributed by atoms with Crippen molar-refractivity contribution in [3.8, 4) is 0 Å².